The predicted molar refractivity (Wildman–Crippen MR) is 164 cm³/mol. The Morgan fingerprint density at radius 3 is 1.02 bits per heavy atom. The second-order valence-corrected chi connectivity index (χ2v) is 16.0. The Bertz CT molecular complexity index is 1340. The van der Waals surface area contributed by atoms with Crippen LogP contribution in [0.5, 0.6) is 0 Å². The minimum atomic E-state index is -3.38. The Balaban J connectivity index is 1.53. The molecule has 0 bridgehead atoms. The molecule has 4 aromatic rings. The Morgan fingerprint density at radius 2 is 0.750 bits per heavy atom. The minimum Gasteiger partial charge on any atom is -0.297 e. The predicted octanol–water partition coefficient (Wildman–Crippen LogP) is 5.34. The number of carbonyl (C=O) groups excluding carboxylic acids is 1. The molecule has 1 aliphatic carbocycles. The first-order valence-corrected chi connectivity index (χ1v) is 17.3. The standard InChI is InChI=1S/C33H34N2O3P2/c36-27-25-34(39(37,28-15-5-1-6-16-28)29-17-7-2-8-18-29)32-23-13-14-24-33(32)35(26-27)40(38,30-19-9-3-10-20-30)31-21-11-4-12-22-31/h1-12,15-22,32-33H,13-14,23-26H2/t32-,33-/m1/s1. The summed E-state index contributed by atoms with van der Waals surface area (Å²) >= 11 is 0. The van der Waals surface area contributed by atoms with Crippen LogP contribution in [-0.4, -0.2) is 40.3 Å². The van der Waals surface area contributed by atoms with Gasteiger partial charge in [-0.2, -0.15) is 0 Å². The Morgan fingerprint density at radius 1 is 0.475 bits per heavy atom. The van der Waals surface area contributed by atoms with Crippen molar-refractivity contribution in [2.24, 2.45) is 0 Å². The van der Waals surface area contributed by atoms with Crippen molar-refractivity contribution in [3.05, 3.63) is 121 Å². The normalized spacial score (nSPS) is 20.9. The lowest BCUT2D eigenvalue weighted by atomic mass is 9.90. The maximum absolute atomic E-state index is 15.5. The molecule has 4 aromatic carbocycles. The molecule has 40 heavy (non-hydrogen) atoms. The quantitative estimate of drug-likeness (QED) is 0.294. The number of nitrogens with zero attached hydrogens (tertiary/aromatic N) is 2. The van der Waals surface area contributed by atoms with Gasteiger partial charge in [-0.25, -0.2) is 9.34 Å². The summed E-state index contributed by atoms with van der Waals surface area (Å²) < 4.78 is 35.0. The van der Waals surface area contributed by atoms with Gasteiger partial charge >= 0.3 is 0 Å². The Kier molecular flexibility index (Phi) is 7.75. The molecular formula is C33H34N2O3P2. The molecule has 7 heteroatoms. The summed E-state index contributed by atoms with van der Waals surface area (Å²) in [7, 11) is -6.76. The molecule has 204 valence electrons. The van der Waals surface area contributed by atoms with Gasteiger partial charge in [-0.15, -0.1) is 0 Å². The third-order valence-corrected chi connectivity index (χ3v) is 14.6. The molecule has 0 radical (unpaired) electrons. The number of benzene rings is 4. The van der Waals surface area contributed by atoms with E-state index in [0.717, 1.165) is 46.9 Å². The number of hydrogen-bond acceptors (Lipinski definition) is 3. The zero-order valence-corrected chi connectivity index (χ0v) is 24.2. The summed E-state index contributed by atoms with van der Waals surface area (Å²) in [6.45, 7) is 0.116. The van der Waals surface area contributed by atoms with Crippen LogP contribution < -0.4 is 21.2 Å². The molecule has 6 rings (SSSR count). The first kappa shape index (κ1) is 27.1. The van der Waals surface area contributed by atoms with Gasteiger partial charge < -0.3 is 0 Å². The maximum Gasteiger partial charge on any atom is 0.207 e. The van der Waals surface area contributed by atoms with Crippen LogP contribution in [0.3, 0.4) is 0 Å². The number of Topliss-reactive ketones (excluding diaryl/α,β-unsaturated/α-hetero) is 1. The van der Waals surface area contributed by atoms with Crippen LogP contribution in [0, 0.1) is 0 Å². The number of rotatable bonds is 6. The second kappa shape index (κ2) is 11.4. The fourth-order valence-corrected chi connectivity index (χ4v) is 12.6. The lowest BCUT2D eigenvalue weighted by Gasteiger charge is -2.46. The van der Waals surface area contributed by atoms with Gasteiger partial charge in [-0.1, -0.05) is 85.6 Å². The number of hydrogen-bond donors (Lipinski definition) is 0. The van der Waals surface area contributed by atoms with E-state index in [1.54, 1.807) is 0 Å². The van der Waals surface area contributed by atoms with Crippen molar-refractivity contribution in [1.82, 2.24) is 9.34 Å². The lowest BCUT2D eigenvalue weighted by Crippen LogP contribution is -2.52. The first-order valence-electron chi connectivity index (χ1n) is 14.0. The molecule has 5 nitrogen and oxygen atoms in total. The highest BCUT2D eigenvalue weighted by molar-refractivity contribution is 7.77. The third-order valence-electron chi connectivity index (χ3n) is 8.28. The topological polar surface area (TPSA) is 57.7 Å². The van der Waals surface area contributed by atoms with E-state index >= 15 is 9.13 Å². The van der Waals surface area contributed by atoms with Crippen LogP contribution in [0.4, 0.5) is 0 Å². The summed E-state index contributed by atoms with van der Waals surface area (Å²) in [6.07, 6.45) is 3.54. The van der Waals surface area contributed by atoms with Crippen molar-refractivity contribution in [2.45, 2.75) is 37.8 Å². The lowest BCUT2D eigenvalue weighted by molar-refractivity contribution is -0.118. The van der Waals surface area contributed by atoms with Crippen LogP contribution in [0.15, 0.2) is 121 Å². The average molecular weight is 569 g/mol. The van der Waals surface area contributed by atoms with Crippen molar-refractivity contribution in [3.63, 3.8) is 0 Å². The molecule has 0 N–H and O–H groups in total. The van der Waals surface area contributed by atoms with E-state index in [2.05, 4.69) is 0 Å². The molecule has 1 saturated heterocycles. The van der Waals surface area contributed by atoms with Gasteiger partial charge in [0.25, 0.3) is 0 Å². The fourth-order valence-electron chi connectivity index (χ4n) is 6.46. The minimum absolute atomic E-state index is 0.0578. The average Bonchev–Trinajstić information content (AvgIpc) is 3.19. The Labute approximate surface area is 236 Å². The zero-order chi connectivity index (χ0) is 27.6. The number of ketones is 1. The van der Waals surface area contributed by atoms with E-state index in [9.17, 15) is 4.79 Å². The van der Waals surface area contributed by atoms with E-state index in [4.69, 9.17) is 0 Å². The van der Waals surface area contributed by atoms with Crippen LogP contribution in [0.2, 0.25) is 0 Å². The van der Waals surface area contributed by atoms with Gasteiger partial charge in [-0.05, 0) is 61.4 Å². The largest absolute Gasteiger partial charge is 0.297 e. The van der Waals surface area contributed by atoms with Gasteiger partial charge in [0, 0.05) is 33.3 Å². The zero-order valence-electron chi connectivity index (χ0n) is 22.5. The van der Waals surface area contributed by atoms with E-state index in [-0.39, 0.29) is 31.0 Å². The van der Waals surface area contributed by atoms with Gasteiger partial charge in [-0.3, -0.25) is 13.9 Å². The van der Waals surface area contributed by atoms with Gasteiger partial charge in [0.2, 0.25) is 14.6 Å². The SMILES string of the molecule is O=C1CN(P(=O)(c2ccccc2)c2ccccc2)[C@@H]2CCCC[C@H]2N(P(=O)(c2ccccc2)c2ccccc2)C1. The maximum atomic E-state index is 15.5. The van der Waals surface area contributed by atoms with Crippen molar-refractivity contribution in [2.75, 3.05) is 13.1 Å². The Hall–Kier alpha value is -3.07. The molecule has 2 fully saturated rings. The molecule has 1 heterocycles. The molecule has 0 aromatic heterocycles. The molecule has 0 unspecified atom stereocenters. The molecule has 2 atom stereocenters. The van der Waals surface area contributed by atoms with Crippen molar-refractivity contribution in [3.8, 4) is 0 Å². The van der Waals surface area contributed by atoms with Crippen LogP contribution in [-0.2, 0) is 13.9 Å². The van der Waals surface area contributed by atoms with Crippen LogP contribution in [0.25, 0.3) is 0 Å². The summed E-state index contributed by atoms with van der Waals surface area (Å²) in [6, 6.07) is 37.9. The van der Waals surface area contributed by atoms with E-state index in [1.165, 1.54) is 0 Å². The van der Waals surface area contributed by atoms with E-state index < -0.39 is 14.6 Å². The van der Waals surface area contributed by atoms with Crippen molar-refractivity contribution in [1.29, 1.82) is 0 Å². The molecule has 1 aliphatic heterocycles. The van der Waals surface area contributed by atoms with Crippen molar-refractivity contribution >= 4 is 41.6 Å². The highest BCUT2D eigenvalue weighted by Crippen LogP contribution is 2.56. The van der Waals surface area contributed by atoms with Crippen molar-refractivity contribution < 1.29 is 13.9 Å². The van der Waals surface area contributed by atoms with Crippen LogP contribution in [0.1, 0.15) is 25.7 Å². The molecule has 1 saturated carbocycles. The summed E-state index contributed by atoms with van der Waals surface area (Å²) in [5, 5.41) is 2.89. The second-order valence-electron chi connectivity index (χ2n) is 10.6. The van der Waals surface area contributed by atoms with E-state index in [0.29, 0.717) is 0 Å². The number of carbonyl (C=O) groups is 1. The van der Waals surface area contributed by atoms with Crippen LogP contribution >= 0.6 is 14.6 Å². The van der Waals surface area contributed by atoms with Gasteiger partial charge in [0.05, 0.1) is 13.1 Å². The smallest absolute Gasteiger partial charge is 0.207 e. The first-order chi connectivity index (χ1) is 19.5. The number of fused-ring (bicyclic) bond motifs is 1. The van der Waals surface area contributed by atoms with Gasteiger partial charge in [0.1, 0.15) is 0 Å². The fraction of sp³-hybridized carbons (Fsp3) is 0.242. The summed E-state index contributed by atoms with van der Waals surface area (Å²) in [4.78, 5) is 13.9. The molecule has 0 amide bonds. The molecule has 0 spiro atoms. The van der Waals surface area contributed by atoms with E-state index in [1.807, 2.05) is 131 Å². The highest BCUT2D eigenvalue weighted by Gasteiger charge is 2.51. The summed E-state index contributed by atoms with van der Waals surface area (Å²) in [5.41, 5.74) is 0. The third kappa shape index (κ3) is 4.76. The summed E-state index contributed by atoms with van der Waals surface area (Å²) in [5.74, 6) is -0.0615. The highest BCUT2D eigenvalue weighted by atomic mass is 31.2. The monoisotopic (exact) mass is 568 g/mol. The molecule has 2 aliphatic rings. The molecular weight excluding hydrogens is 534 g/mol. The van der Waals surface area contributed by atoms with Gasteiger partial charge in [0.15, 0.2) is 5.78 Å².